The molecule has 0 atom stereocenters. The molecule has 0 bridgehead atoms. The second-order valence-corrected chi connectivity index (χ2v) is 4.01. The third-order valence-corrected chi connectivity index (χ3v) is 2.58. The van der Waals surface area contributed by atoms with E-state index in [4.69, 9.17) is 5.11 Å². The molecule has 15 heavy (non-hydrogen) atoms. The first-order valence-corrected chi connectivity index (χ1v) is 5.19. The van der Waals surface area contributed by atoms with E-state index in [-0.39, 0.29) is 11.3 Å². The lowest BCUT2D eigenvalue weighted by Gasteiger charge is -2.01. The highest BCUT2D eigenvalue weighted by molar-refractivity contribution is 7.99. The van der Waals surface area contributed by atoms with Crippen molar-refractivity contribution in [2.45, 2.75) is 11.8 Å². The molecule has 5 nitrogen and oxygen atoms in total. The van der Waals surface area contributed by atoms with Crippen LogP contribution in [-0.4, -0.2) is 21.8 Å². The molecule has 1 rings (SSSR count). The minimum Gasteiger partial charge on any atom is -0.477 e. The Bertz CT molecular complexity index is 405. The van der Waals surface area contributed by atoms with Gasteiger partial charge in [-0.1, -0.05) is 6.92 Å². The number of carboxylic acid groups (broad SMARTS) is 1. The monoisotopic (exact) mass is 227 g/mol. The molecule has 0 radical (unpaired) electrons. The summed E-state index contributed by atoms with van der Waals surface area (Å²) in [4.78, 5) is 21.3. The van der Waals surface area contributed by atoms with Crippen molar-refractivity contribution in [3.05, 3.63) is 33.9 Å². The highest BCUT2D eigenvalue weighted by Crippen LogP contribution is 2.26. The second kappa shape index (κ2) is 4.79. The molecule has 0 aliphatic heterocycles. The molecule has 6 heteroatoms. The molecule has 0 saturated heterocycles. The minimum absolute atomic E-state index is 0.277. The van der Waals surface area contributed by atoms with Crippen LogP contribution in [0, 0.1) is 10.1 Å². The fourth-order valence-electron chi connectivity index (χ4n) is 1.10. The van der Waals surface area contributed by atoms with Crippen molar-refractivity contribution in [3.63, 3.8) is 0 Å². The van der Waals surface area contributed by atoms with Crippen LogP contribution in [-0.2, 0) is 0 Å². The van der Waals surface area contributed by atoms with Gasteiger partial charge in [-0.05, 0) is 17.9 Å². The van der Waals surface area contributed by atoms with Crippen molar-refractivity contribution in [3.8, 4) is 0 Å². The fourth-order valence-corrected chi connectivity index (χ4v) is 1.79. The molecule has 1 aromatic carbocycles. The van der Waals surface area contributed by atoms with Gasteiger partial charge in [0.05, 0.1) is 4.92 Å². The Balaban J connectivity index is 3.21. The number of benzene rings is 1. The van der Waals surface area contributed by atoms with Gasteiger partial charge in [-0.3, -0.25) is 10.1 Å². The van der Waals surface area contributed by atoms with Crippen LogP contribution in [0.1, 0.15) is 17.3 Å². The summed E-state index contributed by atoms with van der Waals surface area (Å²) >= 11 is 1.43. The average Bonchev–Trinajstić information content (AvgIpc) is 2.17. The lowest BCUT2D eigenvalue weighted by Crippen LogP contribution is -2.02. The number of thioether (sulfide) groups is 1. The van der Waals surface area contributed by atoms with Gasteiger partial charge in [0, 0.05) is 11.0 Å². The molecule has 0 fully saturated rings. The quantitative estimate of drug-likeness (QED) is 0.485. The Morgan fingerprint density at radius 1 is 1.60 bits per heavy atom. The van der Waals surface area contributed by atoms with Gasteiger partial charge in [0.25, 0.3) is 5.69 Å². The molecule has 0 unspecified atom stereocenters. The lowest BCUT2D eigenvalue weighted by molar-refractivity contribution is -0.385. The summed E-state index contributed by atoms with van der Waals surface area (Å²) < 4.78 is 0. The number of nitro groups is 1. The molecule has 0 spiro atoms. The topological polar surface area (TPSA) is 80.4 Å². The molecule has 0 aromatic heterocycles. The van der Waals surface area contributed by atoms with Gasteiger partial charge in [0.1, 0.15) is 5.56 Å². The predicted octanol–water partition coefficient (Wildman–Crippen LogP) is 2.41. The average molecular weight is 227 g/mol. The predicted molar refractivity (Wildman–Crippen MR) is 56.5 cm³/mol. The van der Waals surface area contributed by atoms with Crippen LogP contribution >= 0.6 is 11.8 Å². The van der Waals surface area contributed by atoms with Crippen LogP contribution in [0.15, 0.2) is 23.1 Å². The largest absolute Gasteiger partial charge is 0.477 e. The maximum atomic E-state index is 10.7. The molecule has 1 aromatic rings. The third kappa shape index (κ3) is 2.69. The summed E-state index contributed by atoms with van der Waals surface area (Å²) in [5.41, 5.74) is -0.638. The number of nitrogens with zero attached hydrogens (tertiary/aromatic N) is 1. The number of aromatic carboxylic acids is 1. The summed E-state index contributed by atoms with van der Waals surface area (Å²) in [5, 5.41) is 19.3. The molecule has 0 saturated carbocycles. The van der Waals surface area contributed by atoms with E-state index in [0.717, 1.165) is 5.75 Å². The highest BCUT2D eigenvalue weighted by Gasteiger charge is 2.19. The molecule has 80 valence electrons. The Labute approximate surface area is 90.3 Å². The van der Waals surface area contributed by atoms with Crippen LogP contribution in [0.4, 0.5) is 5.69 Å². The zero-order chi connectivity index (χ0) is 11.4. The highest BCUT2D eigenvalue weighted by atomic mass is 32.2. The van der Waals surface area contributed by atoms with E-state index in [1.807, 2.05) is 6.92 Å². The Morgan fingerprint density at radius 3 is 2.73 bits per heavy atom. The maximum Gasteiger partial charge on any atom is 0.342 e. The summed E-state index contributed by atoms with van der Waals surface area (Å²) in [6.45, 7) is 1.92. The Morgan fingerprint density at radius 2 is 2.27 bits per heavy atom. The first-order valence-electron chi connectivity index (χ1n) is 4.20. The number of carbonyl (C=O) groups is 1. The molecular formula is C9H9NO4S. The van der Waals surface area contributed by atoms with Gasteiger partial charge in [0.2, 0.25) is 0 Å². The molecule has 0 heterocycles. The maximum absolute atomic E-state index is 10.7. The first kappa shape index (κ1) is 11.5. The summed E-state index contributed by atoms with van der Waals surface area (Å²) in [5.74, 6) is -0.501. The van der Waals surface area contributed by atoms with Crippen molar-refractivity contribution in [1.82, 2.24) is 0 Å². The zero-order valence-corrected chi connectivity index (χ0v) is 8.78. The van der Waals surface area contributed by atoms with E-state index in [1.54, 1.807) is 6.07 Å². The lowest BCUT2D eigenvalue weighted by atomic mass is 10.2. The summed E-state index contributed by atoms with van der Waals surface area (Å²) in [7, 11) is 0. The Hall–Kier alpha value is -1.56. The fraction of sp³-hybridized carbons (Fsp3) is 0.222. The molecular weight excluding hydrogens is 218 g/mol. The van der Waals surface area contributed by atoms with Crippen LogP contribution in [0.25, 0.3) is 0 Å². The van der Waals surface area contributed by atoms with E-state index in [0.29, 0.717) is 4.90 Å². The van der Waals surface area contributed by atoms with Crippen molar-refractivity contribution >= 4 is 23.4 Å². The normalized spacial score (nSPS) is 9.93. The number of hydrogen-bond donors (Lipinski definition) is 1. The second-order valence-electron chi connectivity index (χ2n) is 2.67. The van der Waals surface area contributed by atoms with Gasteiger partial charge < -0.3 is 5.11 Å². The standard InChI is InChI=1S/C9H9NO4S/c1-2-15-6-3-4-7(9(11)12)8(5-6)10(13)14/h3-5H,2H2,1H3,(H,11,12). The van der Waals surface area contributed by atoms with Crippen molar-refractivity contribution in [1.29, 1.82) is 0 Å². The smallest absolute Gasteiger partial charge is 0.342 e. The third-order valence-electron chi connectivity index (χ3n) is 1.71. The van der Waals surface area contributed by atoms with E-state index in [9.17, 15) is 14.9 Å². The van der Waals surface area contributed by atoms with Crippen LogP contribution in [0.2, 0.25) is 0 Å². The number of carboxylic acids is 1. The number of nitro benzene ring substituents is 1. The van der Waals surface area contributed by atoms with Crippen LogP contribution in [0.5, 0.6) is 0 Å². The van der Waals surface area contributed by atoms with E-state index in [1.165, 1.54) is 23.9 Å². The van der Waals surface area contributed by atoms with Crippen molar-refractivity contribution in [2.24, 2.45) is 0 Å². The van der Waals surface area contributed by atoms with Gasteiger partial charge >= 0.3 is 5.97 Å². The van der Waals surface area contributed by atoms with Gasteiger partial charge in [0.15, 0.2) is 0 Å². The SMILES string of the molecule is CCSc1ccc(C(=O)O)c([N+](=O)[O-])c1. The van der Waals surface area contributed by atoms with Crippen LogP contribution in [0.3, 0.4) is 0 Å². The first-order chi connectivity index (χ1) is 7.06. The van der Waals surface area contributed by atoms with Crippen molar-refractivity contribution < 1.29 is 14.8 Å². The number of hydrogen-bond acceptors (Lipinski definition) is 4. The van der Waals surface area contributed by atoms with Crippen molar-refractivity contribution in [2.75, 3.05) is 5.75 Å². The summed E-state index contributed by atoms with van der Waals surface area (Å²) in [6, 6.07) is 4.13. The van der Waals surface area contributed by atoms with Gasteiger partial charge in [-0.2, -0.15) is 0 Å². The molecule has 0 amide bonds. The zero-order valence-electron chi connectivity index (χ0n) is 7.97. The molecule has 1 N–H and O–H groups in total. The van der Waals surface area contributed by atoms with E-state index < -0.39 is 10.9 Å². The van der Waals surface area contributed by atoms with Crippen LogP contribution < -0.4 is 0 Å². The molecule has 0 aliphatic carbocycles. The minimum atomic E-state index is -1.28. The van der Waals surface area contributed by atoms with E-state index in [2.05, 4.69) is 0 Å². The van der Waals surface area contributed by atoms with Gasteiger partial charge in [-0.25, -0.2) is 4.79 Å². The van der Waals surface area contributed by atoms with E-state index >= 15 is 0 Å². The van der Waals surface area contributed by atoms with Gasteiger partial charge in [-0.15, -0.1) is 11.8 Å². The molecule has 0 aliphatic rings. The summed E-state index contributed by atoms with van der Waals surface area (Å²) in [6.07, 6.45) is 0. The Kier molecular flexibility index (Phi) is 3.68. The number of rotatable bonds is 4.